The quantitative estimate of drug-likeness (QED) is 0.514. The predicted molar refractivity (Wildman–Crippen MR) is 47.2 cm³/mol. The van der Waals surface area contributed by atoms with E-state index in [2.05, 4.69) is 11.3 Å². The summed E-state index contributed by atoms with van der Waals surface area (Å²) in [4.78, 5) is 21.0. The largest absolute Gasteiger partial charge is 0.478 e. The van der Waals surface area contributed by atoms with Crippen molar-refractivity contribution in [1.82, 2.24) is 0 Å². The van der Waals surface area contributed by atoms with E-state index in [-0.39, 0.29) is 12.0 Å². The molecule has 13 heavy (non-hydrogen) atoms. The van der Waals surface area contributed by atoms with Gasteiger partial charge in [0, 0.05) is 11.6 Å². The zero-order valence-corrected chi connectivity index (χ0v) is 7.45. The number of carbonyl (C=O) groups excluding carboxylic acids is 1. The Morgan fingerprint density at radius 1 is 1.54 bits per heavy atom. The predicted octanol–water partition coefficient (Wildman–Crippen LogP) is 1.14. The van der Waals surface area contributed by atoms with E-state index in [4.69, 9.17) is 5.11 Å². The van der Waals surface area contributed by atoms with Gasteiger partial charge in [-0.2, -0.15) is 0 Å². The molecule has 0 aromatic carbocycles. The summed E-state index contributed by atoms with van der Waals surface area (Å²) in [6.45, 7) is 5.44. The van der Waals surface area contributed by atoms with Gasteiger partial charge in [-0.25, -0.2) is 9.59 Å². The summed E-state index contributed by atoms with van der Waals surface area (Å²) in [6, 6.07) is 0. The lowest BCUT2D eigenvalue weighted by atomic mass is 10.2. The van der Waals surface area contributed by atoms with Gasteiger partial charge in [-0.05, 0) is 13.3 Å². The Morgan fingerprint density at radius 3 is 2.62 bits per heavy atom. The molecule has 0 aliphatic heterocycles. The maximum absolute atomic E-state index is 10.9. The van der Waals surface area contributed by atoms with Gasteiger partial charge in [0.15, 0.2) is 0 Å². The third kappa shape index (κ3) is 5.66. The third-order valence-corrected chi connectivity index (χ3v) is 1.19. The zero-order chi connectivity index (χ0) is 10.3. The van der Waals surface area contributed by atoms with Crippen molar-refractivity contribution in [3.63, 3.8) is 0 Å². The summed E-state index contributed by atoms with van der Waals surface area (Å²) in [6.07, 6.45) is 2.51. The smallest absolute Gasteiger partial charge is 0.333 e. The molecule has 0 aliphatic carbocycles. The first kappa shape index (κ1) is 11.4. The fourth-order valence-corrected chi connectivity index (χ4v) is 0.618. The lowest BCUT2D eigenvalue weighted by molar-refractivity contribution is -0.138. The first-order chi connectivity index (χ1) is 6.07. The van der Waals surface area contributed by atoms with E-state index in [9.17, 15) is 9.59 Å². The Hall–Kier alpha value is -1.58. The minimum Gasteiger partial charge on any atom is -0.478 e. The van der Waals surface area contributed by atoms with Gasteiger partial charge in [0.2, 0.25) is 0 Å². The highest BCUT2D eigenvalue weighted by Crippen LogP contribution is 2.01. The molecule has 0 aromatic heterocycles. The van der Waals surface area contributed by atoms with E-state index < -0.39 is 11.9 Å². The van der Waals surface area contributed by atoms with E-state index >= 15 is 0 Å². The summed E-state index contributed by atoms with van der Waals surface area (Å²) in [5.74, 6) is -1.53. The molecule has 0 amide bonds. The number of allylic oxidation sites excluding steroid dienone is 1. The van der Waals surface area contributed by atoms with Crippen molar-refractivity contribution in [3.05, 3.63) is 24.3 Å². The highest BCUT2D eigenvalue weighted by molar-refractivity contribution is 5.88. The second-order valence-electron chi connectivity index (χ2n) is 2.27. The van der Waals surface area contributed by atoms with Gasteiger partial charge in [0.05, 0.1) is 6.61 Å². The molecule has 0 spiro atoms. The molecule has 0 fully saturated rings. The van der Waals surface area contributed by atoms with Crippen LogP contribution in [0.15, 0.2) is 24.3 Å². The Labute approximate surface area is 76.5 Å². The lowest BCUT2D eigenvalue weighted by Gasteiger charge is -2.00. The molecule has 0 saturated heterocycles. The third-order valence-electron chi connectivity index (χ3n) is 1.19. The van der Waals surface area contributed by atoms with Crippen molar-refractivity contribution >= 4 is 11.9 Å². The number of carbonyl (C=O) groups is 2. The Bertz CT molecular complexity index is 240. The topological polar surface area (TPSA) is 63.6 Å². The van der Waals surface area contributed by atoms with E-state index in [1.807, 2.05) is 0 Å². The molecule has 0 radical (unpaired) electrons. The Morgan fingerprint density at radius 2 is 2.15 bits per heavy atom. The molecule has 4 nitrogen and oxygen atoms in total. The average molecular weight is 184 g/mol. The monoisotopic (exact) mass is 184 g/mol. The zero-order valence-electron chi connectivity index (χ0n) is 7.45. The maximum atomic E-state index is 10.9. The van der Waals surface area contributed by atoms with Crippen molar-refractivity contribution < 1.29 is 19.4 Å². The van der Waals surface area contributed by atoms with Gasteiger partial charge < -0.3 is 9.84 Å². The van der Waals surface area contributed by atoms with Crippen molar-refractivity contribution in [2.75, 3.05) is 6.61 Å². The average Bonchev–Trinajstić information content (AvgIpc) is 2.04. The van der Waals surface area contributed by atoms with Gasteiger partial charge in [-0.1, -0.05) is 12.7 Å². The van der Waals surface area contributed by atoms with Crippen molar-refractivity contribution in [2.24, 2.45) is 0 Å². The van der Waals surface area contributed by atoms with E-state index in [0.29, 0.717) is 6.61 Å². The van der Waals surface area contributed by atoms with Gasteiger partial charge in [0.25, 0.3) is 0 Å². The van der Waals surface area contributed by atoms with Crippen LogP contribution in [-0.4, -0.2) is 23.7 Å². The van der Waals surface area contributed by atoms with Crippen LogP contribution in [0.2, 0.25) is 0 Å². The van der Waals surface area contributed by atoms with Crippen molar-refractivity contribution in [2.45, 2.75) is 13.3 Å². The minimum atomic E-state index is -1.04. The van der Waals surface area contributed by atoms with E-state index in [1.165, 1.54) is 6.08 Å². The second kappa shape index (κ2) is 5.99. The van der Waals surface area contributed by atoms with Gasteiger partial charge in [-0.3, -0.25) is 0 Å². The SMILES string of the molecule is C=C(CC=CC(=O)O)C(=O)OCC. The first-order valence-electron chi connectivity index (χ1n) is 3.82. The van der Waals surface area contributed by atoms with Crippen molar-refractivity contribution in [3.8, 4) is 0 Å². The number of hydrogen-bond acceptors (Lipinski definition) is 3. The molecule has 0 bridgehead atoms. The normalized spacial score (nSPS) is 9.92. The maximum Gasteiger partial charge on any atom is 0.333 e. The van der Waals surface area contributed by atoms with Crippen LogP contribution in [0.1, 0.15) is 13.3 Å². The number of esters is 1. The molecule has 0 heterocycles. The summed E-state index contributed by atoms with van der Waals surface area (Å²) in [5, 5.41) is 8.24. The summed E-state index contributed by atoms with van der Waals surface area (Å²) in [7, 11) is 0. The van der Waals surface area contributed by atoms with Gasteiger partial charge >= 0.3 is 11.9 Å². The Balaban J connectivity index is 3.87. The fraction of sp³-hybridized carbons (Fsp3) is 0.333. The number of aliphatic carboxylic acids is 1. The van der Waals surface area contributed by atoms with Crippen LogP contribution in [0.4, 0.5) is 0 Å². The summed E-state index contributed by atoms with van der Waals surface area (Å²) < 4.78 is 4.64. The number of rotatable bonds is 5. The Kier molecular flexibility index (Phi) is 5.27. The fourth-order valence-electron chi connectivity index (χ4n) is 0.618. The molecule has 0 rings (SSSR count). The number of carboxylic acid groups (broad SMARTS) is 1. The van der Waals surface area contributed by atoms with Gasteiger partial charge in [-0.15, -0.1) is 0 Å². The van der Waals surface area contributed by atoms with Crippen LogP contribution < -0.4 is 0 Å². The molecule has 72 valence electrons. The van der Waals surface area contributed by atoms with E-state index in [0.717, 1.165) is 6.08 Å². The lowest BCUT2D eigenvalue weighted by Crippen LogP contribution is -2.05. The first-order valence-corrected chi connectivity index (χ1v) is 3.82. The molecular weight excluding hydrogens is 172 g/mol. The van der Waals surface area contributed by atoms with Crippen LogP contribution in [0.25, 0.3) is 0 Å². The number of hydrogen-bond donors (Lipinski definition) is 1. The van der Waals surface area contributed by atoms with Crippen LogP contribution in [0.5, 0.6) is 0 Å². The van der Waals surface area contributed by atoms with Crippen molar-refractivity contribution in [1.29, 1.82) is 0 Å². The molecule has 0 aromatic rings. The molecule has 4 heteroatoms. The van der Waals surface area contributed by atoms with Crippen LogP contribution in [-0.2, 0) is 14.3 Å². The molecular formula is C9H12O4. The van der Waals surface area contributed by atoms with Gasteiger partial charge in [0.1, 0.15) is 0 Å². The molecule has 0 aliphatic rings. The summed E-state index contributed by atoms with van der Waals surface area (Å²) in [5.41, 5.74) is 0.249. The molecule has 0 saturated carbocycles. The highest BCUT2D eigenvalue weighted by Gasteiger charge is 2.04. The summed E-state index contributed by atoms with van der Waals surface area (Å²) >= 11 is 0. The standard InChI is InChI=1S/C9H12O4/c1-3-13-9(12)7(2)5-4-6-8(10)11/h4,6H,2-3,5H2,1H3,(H,10,11). The molecule has 1 N–H and O–H groups in total. The second-order valence-corrected chi connectivity index (χ2v) is 2.27. The van der Waals surface area contributed by atoms with Crippen LogP contribution in [0, 0.1) is 0 Å². The van der Waals surface area contributed by atoms with Crippen LogP contribution in [0.3, 0.4) is 0 Å². The number of ether oxygens (including phenoxy) is 1. The van der Waals surface area contributed by atoms with E-state index in [1.54, 1.807) is 6.92 Å². The minimum absolute atomic E-state index is 0.200. The number of carboxylic acids is 1. The molecule has 0 atom stereocenters. The molecule has 0 unspecified atom stereocenters. The highest BCUT2D eigenvalue weighted by atomic mass is 16.5. The van der Waals surface area contributed by atoms with Crippen LogP contribution >= 0.6 is 0 Å².